The molecule has 0 aliphatic heterocycles. The number of nitrogens with two attached hydrogens (primary N) is 1. The Bertz CT molecular complexity index is 589. The lowest BCUT2D eigenvalue weighted by atomic mass is 9.97. The lowest BCUT2D eigenvalue weighted by molar-refractivity contribution is 0.408. The second kappa shape index (κ2) is 6.09. The molecule has 2 N–H and O–H groups in total. The molecule has 1 unspecified atom stereocenters. The fourth-order valence-electron chi connectivity index (χ4n) is 2.55. The molecule has 0 spiro atoms. The molecule has 4 nitrogen and oxygen atoms in total. The van der Waals surface area contributed by atoms with Gasteiger partial charge in [0.05, 0.1) is 12.8 Å². The van der Waals surface area contributed by atoms with Crippen LogP contribution in [0.25, 0.3) is 0 Å². The monoisotopic (exact) mass is 273 g/mol. The van der Waals surface area contributed by atoms with Crippen LogP contribution in [0.5, 0.6) is 5.75 Å². The average molecular weight is 273 g/mol. The first-order chi connectivity index (χ1) is 9.55. The molecule has 108 valence electrons. The standard InChI is InChI=1S/C16H23N3O/c1-5-15-13(10-19(3)18-15)14(17)9-12-8-11(2)6-7-16(12)20-4/h6-8,10,14H,5,9,17H2,1-4H3. The first kappa shape index (κ1) is 14.6. The van der Waals surface area contributed by atoms with Crippen molar-refractivity contribution >= 4 is 0 Å². The number of aryl methyl sites for hydroxylation is 3. The van der Waals surface area contributed by atoms with Crippen molar-refractivity contribution in [3.63, 3.8) is 0 Å². The Labute approximate surface area is 120 Å². The molecule has 2 aromatic rings. The zero-order chi connectivity index (χ0) is 14.7. The molecule has 0 saturated carbocycles. The number of nitrogens with zero attached hydrogens (tertiary/aromatic N) is 2. The van der Waals surface area contributed by atoms with Gasteiger partial charge in [-0.05, 0) is 31.4 Å². The third kappa shape index (κ3) is 3.02. The Balaban J connectivity index is 2.27. The average Bonchev–Trinajstić information content (AvgIpc) is 2.80. The first-order valence-electron chi connectivity index (χ1n) is 6.96. The molecule has 0 saturated heterocycles. The topological polar surface area (TPSA) is 53.1 Å². The first-order valence-corrected chi connectivity index (χ1v) is 6.96. The lowest BCUT2D eigenvalue weighted by Crippen LogP contribution is -2.15. The van der Waals surface area contributed by atoms with Gasteiger partial charge >= 0.3 is 0 Å². The Morgan fingerprint density at radius 2 is 2.15 bits per heavy atom. The largest absolute Gasteiger partial charge is 0.496 e. The van der Waals surface area contributed by atoms with Gasteiger partial charge in [0.15, 0.2) is 0 Å². The van der Waals surface area contributed by atoms with Gasteiger partial charge in [0, 0.05) is 24.8 Å². The maximum absolute atomic E-state index is 6.38. The van der Waals surface area contributed by atoms with E-state index in [9.17, 15) is 0 Å². The third-order valence-corrected chi connectivity index (χ3v) is 3.55. The molecule has 2 rings (SSSR count). The van der Waals surface area contributed by atoms with Gasteiger partial charge in [0.25, 0.3) is 0 Å². The number of aromatic nitrogens is 2. The van der Waals surface area contributed by atoms with Crippen LogP contribution in [0.2, 0.25) is 0 Å². The fraction of sp³-hybridized carbons (Fsp3) is 0.438. The highest BCUT2D eigenvalue weighted by Crippen LogP contribution is 2.26. The summed E-state index contributed by atoms with van der Waals surface area (Å²) in [5.74, 6) is 0.896. The van der Waals surface area contributed by atoms with Crippen LogP contribution < -0.4 is 10.5 Å². The summed E-state index contributed by atoms with van der Waals surface area (Å²) in [4.78, 5) is 0. The van der Waals surface area contributed by atoms with Crippen LogP contribution in [0.1, 0.15) is 35.3 Å². The van der Waals surface area contributed by atoms with Crippen molar-refractivity contribution in [3.8, 4) is 5.75 Å². The van der Waals surface area contributed by atoms with Crippen molar-refractivity contribution < 1.29 is 4.74 Å². The summed E-state index contributed by atoms with van der Waals surface area (Å²) in [6.07, 6.45) is 3.67. The van der Waals surface area contributed by atoms with E-state index in [0.29, 0.717) is 0 Å². The number of hydrogen-bond donors (Lipinski definition) is 1. The molecular formula is C16H23N3O. The molecule has 0 fully saturated rings. The number of rotatable bonds is 5. The predicted octanol–water partition coefficient (Wildman–Crippen LogP) is 2.54. The van der Waals surface area contributed by atoms with Crippen LogP contribution in [-0.2, 0) is 19.9 Å². The summed E-state index contributed by atoms with van der Waals surface area (Å²) in [6.45, 7) is 4.18. The Morgan fingerprint density at radius 3 is 2.80 bits per heavy atom. The highest BCUT2D eigenvalue weighted by atomic mass is 16.5. The maximum atomic E-state index is 6.38. The van der Waals surface area contributed by atoms with Crippen molar-refractivity contribution in [3.05, 3.63) is 46.8 Å². The highest BCUT2D eigenvalue weighted by molar-refractivity contribution is 5.38. The van der Waals surface area contributed by atoms with E-state index >= 15 is 0 Å². The summed E-state index contributed by atoms with van der Waals surface area (Å²) in [5, 5.41) is 4.46. The van der Waals surface area contributed by atoms with Crippen LogP contribution in [-0.4, -0.2) is 16.9 Å². The van der Waals surface area contributed by atoms with Crippen LogP contribution >= 0.6 is 0 Å². The van der Waals surface area contributed by atoms with Gasteiger partial charge in [-0.3, -0.25) is 4.68 Å². The lowest BCUT2D eigenvalue weighted by Gasteiger charge is -2.15. The summed E-state index contributed by atoms with van der Waals surface area (Å²) < 4.78 is 7.26. The summed E-state index contributed by atoms with van der Waals surface area (Å²) >= 11 is 0. The van der Waals surface area contributed by atoms with Crippen LogP contribution in [0.3, 0.4) is 0 Å². The molecule has 1 atom stereocenters. The zero-order valence-corrected chi connectivity index (χ0v) is 12.7. The van der Waals surface area contributed by atoms with E-state index < -0.39 is 0 Å². The van der Waals surface area contributed by atoms with Crippen molar-refractivity contribution in [1.82, 2.24) is 9.78 Å². The van der Waals surface area contributed by atoms with E-state index in [2.05, 4.69) is 31.1 Å². The molecule has 0 aliphatic rings. The second-order valence-corrected chi connectivity index (χ2v) is 5.18. The molecule has 20 heavy (non-hydrogen) atoms. The SMILES string of the molecule is CCc1nn(C)cc1C(N)Cc1cc(C)ccc1OC. The van der Waals surface area contributed by atoms with Crippen LogP contribution in [0.4, 0.5) is 0 Å². The summed E-state index contributed by atoms with van der Waals surface area (Å²) in [6, 6.07) is 6.13. The number of ether oxygens (including phenoxy) is 1. The minimum Gasteiger partial charge on any atom is -0.496 e. The van der Waals surface area contributed by atoms with Gasteiger partial charge < -0.3 is 10.5 Å². The quantitative estimate of drug-likeness (QED) is 0.911. The van der Waals surface area contributed by atoms with E-state index in [1.54, 1.807) is 7.11 Å². The molecule has 0 aliphatic carbocycles. The molecule has 4 heteroatoms. The number of methoxy groups -OCH3 is 1. The molecule has 0 bridgehead atoms. The Hall–Kier alpha value is -1.81. The van der Waals surface area contributed by atoms with Crippen molar-refractivity contribution in [2.24, 2.45) is 12.8 Å². The molecule has 1 aromatic carbocycles. The zero-order valence-electron chi connectivity index (χ0n) is 12.7. The molecule has 1 aromatic heterocycles. The maximum Gasteiger partial charge on any atom is 0.122 e. The summed E-state index contributed by atoms with van der Waals surface area (Å²) in [7, 11) is 3.63. The second-order valence-electron chi connectivity index (χ2n) is 5.18. The van der Waals surface area contributed by atoms with Gasteiger partial charge in [0.1, 0.15) is 5.75 Å². The van der Waals surface area contributed by atoms with Crippen LogP contribution in [0.15, 0.2) is 24.4 Å². The minimum absolute atomic E-state index is 0.0608. The van der Waals surface area contributed by atoms with E-state index in [1.165, 1.54) is 5.56 Å². The normalized spacial score (nSPS) is 12.4. The van der Waals surface area contributed by atoms with Gasteiger partial charge in [-0.2, -0.15) is 5.10 Å². The van der Waals surface area contributed by atoms with Crippen LogP contribution in [0, 0.1) is 6.92 Å². The third-order valence-electron chi connectivity index (χ3n) is 3.55. The molecule has 1 heterocycles. The van der Waals surface area contributed by atoms with Crippen molar-refractivity contribution in [2.45, 2.75) is 32.7 Å². The smallest absolute Gasteiger partial charge is 0.122 e. The Kier molecular flexibility index (Phi) is 4.45. The van der Waals surface area contributed by atoms with E-state index in [-0.39, 0.29) is 6.04 Å². The van der Waals surface area contributed by atoms with Gasteiger partial charge in [-0.15, -0.1) is 0 Å². The van der Waals surface area contributed by atoms with E-state index in [1.807, 2.05) is 24.0 Å². The van der Waals surface area contributed by atoms with Gasteiger partial charge in [-0.1, -0.05) is 24.6 Å². The van der Waals surface area contributed by atoms with Gasteiger partial charge in [-0.25, -0.2) is 0 Å². The van der Waals surface area contributed by atoms with Crippen molar-refractivity contribution in [2.75, 3.05) is 7.11 Å². The fourth-order valence-corrected chi connectivity index (χ4v) is 2.55. The highest BCUT2D eigenvalue weighted by Gasteiger charge is 2.16. The van der Waals surface area contributed by atoms with Crippen molar-refractivity contribution in [1.29, 1.82) is 0 Å². The Morgan fingerprint density at radius 1 is 1.40 bits per heavy atom. The summed E-state index contributed by atoms with van der Waals surface area (Å²) in [5.41, 5.74) is 10.9. The molecule has 0 radical (unpaired) electrons. The van der Waals surface area contributed by atoms with Gasteiger partial charge in [0.2, 0.25) is 0 Å². The predicted molar refractivity (Wildman–Crippen MR) is 80.9 cm³/mol. The molecular weight excluding hydrogens is 250 g/mol. The number of hydrogen-bond acceptors (Lipinski definition) is 3. The number of benzene rings is 1. The van der Waals surface area contributed by atoms with E-state index in [4.69, 9.17) is 10.5 Å². The van der Waals surface area contributed by atoms with E-state index in [0.717, 1.165) is 35.4 Å². The minimum atomic E-state index is -0.0608. The molecule has 0 amide bonds.